The number of fused-ring (bicyclic) bond motifs is 1. The molecule has 0 saturated heterocycles. The predicted molar refractivity (Wildman–Crippen MR) is 117 cm³/mol. The van der Waals surface area contributed by atoms with Crippen LogP contribution in [0, 0.1) is 0 Å². The highest BCUT2D eigenvalue weighted by atomic mass is 35.5. The van der Waals surface area contributed by atoms with Crippen molar-refractivity contribution in [2.24, 2.45) is 0 Å². The van der Waals surface area contributed by atoms with Crippen molar-refractivity contribution in [2.75, 3.05) is 6.61 Å². The molecule has 4 aromatic rings. The van der Waals surface area contributed by atoms with E-state index in [2.05, 4.69) is 14.7 Å². The van der Waals surface area contributed by atoms with Crippen molar-refractivity contribution in [3.63, 3.8) is 0 Å². The average Bonchev–Trinajstić information content (AvgIpc) is 3.07. The summed E-state index contributed by atoms with van der Waals surface area (Å²) >= 11 is 6.33. The average molecular weight is 478 g/mol. The van der Waals surface area contributed by atoms with E-state index in [1.807, 2.05) is 12.1 Å². The van der Waals surface area contributed by atoms with Crippen LogP contribution in [0.2, 0.25) is 5.02 Å². The molecule has 33 heavy (non-hydrogen) atoms. The molecule has 172 valence electrons. The summed E-state index contributed by atoms with van der Waals surface area (Å²) in [7, 11) is 0. The molecule has 4 rings (SSSR count). The van der Waals surface area contributed by atoms with Crippen LogP contribution < -0.4 is 9.47 Å². The molecule has 0 fully saturated rings. The zero-order chi connectivity index (χ0) is 23.6. The van der Waals surface area contributed by atoms with Crippen LogP contribution in [0.4, 0.5) is 13.2 Å². The van der Waals surface area contributed by atoms with Crippen LogP contribution in [-0.2, 0) is 13.2 Å². The Morgan fingerprint density at radius 3 is 2.45 bits per heavy atom. The van der Waals surface area contributed by atoms with Crippen molar-refractivity contribution in [3.8, 4) is 22.9 Å². The fourth-order valence-electron chi connectivity index (χ4n) is 3.70. The number of hydrogen-bond acceptors (Lipinski definition) is 5. The van der Waals surface area contributed by atoms with Crippen LogP contribution >= 0.6 is 11.6 Å². The minimum absolute atomic E-state index is 0.174. The maximum absolute atomic E-state index is 12.8. The molecule has 0 unspecified atom stereocenters. The lowest BCUT2D eigenvalue weighted by atomic mass is 10.0. The second-order valence-electron chi connectivity index (χ2n) is 7.07. The third-order valence-electron chi connectivity index (χ3n) is 5.00. The monoisotopic (exact) mass is 477 g/mol. The summed E-state index contributed by atoms with van der Waals surface area (Å²) in [6.07, 6.45) is -1.83. The number of aliphatic hydroxyl groups excluding tert-OH is 1. The van der Waals surface area contributed by atoms with Crippen LogP contribution in [0.15, 0.2) is 54.9 Å². The summed E-state index contributed by atoms with van der Waals surface area (Å²) in [4.78, 5) is 8.32. The second kappa shape index (κ2) is 9.29. The zero-order valence-corrected chi connectivity index (χ0v) is 18.2. The number of benzene rings is 2. The van der Waals surface area contributed by atoms with Gasteiger partial charge in [-0.1, -0.05) is 29.8 Å². The first-order chi connectivity index (χ1) is 15.8. The van der Waals surface area contributed by atoms with Gasteiger partial charge in [-0.2, -0.15) is 0 Å². The Morgan fingerprint density at radius 1 is 1.09 bits per heavy atom. The Morgan fingerprint density at radius 2 is 1.82 bits per heavy atom. The first-order valence-electron chi connectivity index (χ1n) is 10.0. The van der Waals surface area contributed by atoms with Gasteiger partial charge in [0.2, 0.25) is 0 Å². The zero-order valence-electron chi connectivity index (χ0n) is 17.4. The van der Waals surface area contributed by atoms with E-state index in [1.165, 1.54) is 30.6 Å². The van der Waals surface area contributed by atoms with Gasteiger partial charge in [-0.3, -0.25) is 0 Å². The van der Waals surface area contributed by atoms with E-state index < -0.39 is 6.36 Å². The van der Waals surface area contributed by atoms with Crippen LogP contribution in [-0.4, -0.2) is 32.6 Å². The largest absolute Gasteiger partial charge is 0.573 e. The van der Waals surface area contributed by atoms with Crippen LogP contribution in [0.1, 0.15) is 18.2 Å². The Kier molecular flexibility index (Phi) is 6.44. The highest BCUT2D eigenvalue weighted by Gasteiger charge is 2.31. The molecule has 2 heterocycles. The van der Waals surface area contributed by atoms with E-state index >= 15 is 0 Å². The maximum atomic E-state index is 12.8. The lowest BCUT2D eigenvalue weighted by Gasteiger charge is -2.12. The number of nitrogens with zero attached hydrogens (tertiary/aromatic N) is 3. The SMILES string of the molecule is CCOc1ncc(-c2c(CO)n(Cc3ccccc3Cl)c3ccc(OC(F)(F)F)cc23)cn1. The van der Waals surface area contributed by atoms with Crippen molar-refractivity contribution in [1.29, 1.82) is 0 Å². The lowest BCUT2D eigenvalue weighted by molar-refractivity contribution is -0.274. The standard InChI is InChI=1S/C23H19ClF3N3O3/c1-2-32-22-28-10-15(11-29-22)21-17-9-16(33-23(25,26)27)7-8-19(17)30(20(21)13-31)12-14-5-3-4-6-18(14)24/h3-11,31H,2,12-13H2,1H3. The predicted octanol–water partition coefficient (Wildman–Crippen LogP) is 5.59. The van der Waals surface area contributed by atoms with Crippen molar-refractivity contribution < 1.29 is 27.8 Å². The molecule has 2 aromatic carbocycles. The quantitative estimate of drug-likeness (QED) is 0.376. The Balaban J connectivity index is 1.92. The molecule has 0 radical (unpaired) electrons. The van der Waals surface area contributed by atoms with E-state index in [9.17, 15) is 18.3 Å². The van der Waals surface area contributed by atoms with Gasteiger partial charge in [0.25, 0.3) is 0 Å². The van der Waals surface area contributed by atoms with Gasteiger partial charge in [0.05, 0.1) is 18.9 Å². The fourth-order valence-corrected chi connectivity index (χ4v) is 3.89. The molecule has 0 atom stereocenters. The topological polar surface area (TPSA) is 69.4 Å². The number of hydrogen-bond donors (Lipinski definition) is 1. The maximum Gasteiger partial charge on any atom is 0.573 e. The van der Waals surface area contributed by atoms with Gasteiger partial charge in [0.15, 0.2) is 0 Å². The first kappa shape index (κ1) is 22.9. The summed E-state index contributed by atoms with van der Waals surface area (Å²) in [5, 5.41) is 11.3. The van der Waals surface area contributed by atoms with Gasteiger partial charge in [0, 0.05) is 46.0 Å². The van der Waals surface area contributed by atoms with E-state index in [0.717, 1.165) is 5.56 Å². The Hall–Kier alpha value is -3.30. The smallest absolute Gasteiger partial charge is 0.464 e. The van der Waals surface area contributed by atoms with Crippen molar-refractivity contribution in [1.82, 2.24) is 14.5 Å². The minimum Gasteiger partial charge on any atom is -0.464 e. The summed E-state index contributed by atoms with van der Waals surface area (Å²) in [6, 6.07) is 11.4. The van der Waals surface area contributed by atoms with Gasteiger partial charge in [-0.05, 0) is 36.8 Å². The number of halogens is 4. The molecule has 2 aromatic heterocycles. The number of alkyl halides is 3. The Bertz CT molecular complexity index is 1270. The molecule has 0 aliphatic rings. The highest BCUT2D eigenvalue weighted by molar-refractivity contribution is 6.31. The van der Waals surface area contributed by atoms with Crippen molar-refractivity contribution >= 4 is 22.5 Å². The summed E-state index contributed by atoms with van der Waals surface area (Å²) in [6.45, 7) is 2.10. The molecule has 0 amide bonds. The molecule has 0 aliphatic heterocycles. The summed E-state index contributed by atoms with van der Waals surface area (Å²) < 4.78 is 49.8. The van der Waals surface area contributed by atoms with Gasteiger partial charge < -0.3 is 19.1 Å². The van der Waals surface area contributed by atoms with Crippen LogP contribution in [0.25, 0.3) is 22.0 Å². The van der Waals surface area contributed by atoms with Gasteiger partial charge in [-0.25, -0.2) is 9.97 Å². The fraction of sp³-hybridized carbons (Fsp3) is 0.217. The number of rotatable bonds is 7. The van der Waals surface area contributed by atoms with E-state index in [4.69, 9.17) is 16.3 Å². The molecule has 0 spiro atoms. The lowest BCUT2D eigenvalue weighted by Crippen LogP contribution is -2.17. The molecule has 1 N–H and O–H groups in total. The molecule has 0 aliphatic carbocycles. The molecule has 6 nitrogen and oxygen atoms in total. The normalized spacial score (nSPS) is 11.7. The van der Waals surface area contributed by atoms with E-state index in [-0.39, 0.29) is 18.4 Å². The molecule has 10 heteroatoms. The highest BCUT2D eigenvalue weighted by Crippen LogP contribution is 2.38. The number of ether oxygens (including phenoxy) is 2. The van der Waals surface area contributed by atoms with Crippen molar-refractivity contribution in [2.45, 2.75) is 26.4 Å². The van der Waals surface area contributed by atoms with Gasteiger partial charge in [-0.15, -0.1) is 13.2 Å². The van der Waals surface area contributed by atoms with Crippen molar-refractivity contribution in [3.05, 3.63) is 71.1 Å². The Labute approximate surface area is 192 Å². The third-order valence-corrected chi connectivity index (χ3v) is 5.37. The van der Waals surface area contributed by atoms with Crippen LogP contribution in [0.3, 0.4) is 0 Å². The summed E-state index contributed by atoms with van der Waals surface area (Å²) in [5.74, 6) is -0.373. The molecular formula is C23H19ClF3N3O3. The van der Waals surface area contributed by atoms with E-state index in [0.29, 0.717) is 45.9 Å². The molecular weight excluding hydrogens is 459 g/mol. The van der Waals surface area contributed by atoms with E-state index in [1.54, 1.807) is 23.6 Å². The first-order valence-corrected chi connectivity index (χ1v) is 10.4. The molecule has 0 bridgehead atoms. The van der Waals surface area contributed by atoms with Gasteiger partial charge >= 0.3 is 12.4 Å². The second-order valence-corrected chi connectivity index (χ2v) is 7.48. The van der Waals surface area contributed by atoms with Gasteiger partial charge in [0.1, 0.15) is 5.75 Å². The minimum atomic E-state index is -4.84. The molecule has 0 saturated carbocycles. The summed E-state index contributed by atoms with van der Waals surface area (Å²) in [5.41, 5.74) is 2.86. The third kappa shape index (κ3) is 4.89. The number of aromatic nitrogens is 3. The number of aliphatic hydroxyl groups is 1. The van der Waals surface area contributed by atoms with Crippen LogP contribution in [0.5, 0.6) is 11.8 Å².